The van der Waals surface area contributed by atoms with Gasteiger partial charge in [0, 0.05) is 31.0 Å². The average molecular weight is 271 g/mol. The fourth-order valence-corrected chi connectivity index (χ4v) is 1.92. The standard InChI is InChI=1S/C15H17N3O2/c1-11-4-5-12(2)13(10-11)14(19)16-7-9-18-8-3-6-17-15(18)20/h3-6,8,10H,7,9H2,1-2H3,(H,16,19). The Bertz CT molecular complexity index is 677. The lowest BCUT2D eigenvalue weighted by atomic mass is 10.1. The number of carbonyl (C=O) groups excluding carboxylic acids is 1. The fourth-order valence-electron chi connectivity index (χ4n) is 1.92. The van der Waals surface area contributed by atoms with Gasteiger partial charge in [0.25, 0.3) is 5.91 Å². The van der Waals surface area contributed by atoms with Crippen LogP contribution in [-0.4, -0.2) is 22.0 Å². The summed E-state index contributed by atoms with van der Waals surface area (Å²) in [4.78, 5) is 27.1. The molecule has 5 heteroatoms. The Morgan fingerprint density at radius 2 is 2.15 bits per heavy atom. The zero-order chi connectivity index (χ0) is 14.5. The minimum atomic E-state index is -0.312. The molecule has 0 radical (unpaired) electrons. The number of hydrogen-bond acceptors (Lipinski definition) is 3. The van der Waals surface area contributed by atoms with E-state index in [1.165, 1.54) is 10.8 Å². The molecule has 0 saturated carbocycles. The first-order valence-corrected chi connectivity index (χ1v) is 6.45. The highest BCUT2D eigenvalue weighted by Gasteiger charge is 2.08. The first kappa shape index (κ1) is 14.0. The van der Waals surface area contributed by atoms with Gasteiger partial charge in [0.2, 0.25) is 0 Å². The summed E-state index contributed by atoms with van der Waals surface area (Å²) in [6.45, 7) is 4.65. The summed E-state index contributed by atoms with van der Waals surface area (Å²) < 4.78 is 1.46. The molecule has 0 aliphatic heterocycles. The maximum Gasteiger partial charge on any atom is 0.347 e. The van der Waals surface area contributed by atoms with E-state index in [1.54, 1.807) is 12.3 Å². The quantitative estimate of drug-likeness (QED) is 0.911. The molecule has 1 amide bonds. The lowest BCUT2D eigenvalue weighted by Crippen LogP contribution is -2.31. The van der Waals surface area contributed by atoms with Crippen LogP contribution in [-0.2, 0) is 6.54 Å². The Kier molecular flexibility index (Phi) is 4.30. The highest BCUT2D eigenvalue weighted by molar-refractivity contribution is 5.95. The Morgan fingerprint density at radius 1 is 1.35 bits per heavy atom. The Morgan fingerprint density at radius 3 is 2.90 bits per heavy atom. The van der Waals surface area contributed by atoms with E-state index in [1.807, 2.05) is 32.0 Å². The SMILES string of the molecule is Cc1ccc(C)c(C(=O)NCCn2cccnc2=O)c1. The van der Waals surface area contributed by atoms with Crippen molar-refractivity contribution in [2.75, 3.05) is 6.54 Å². The number of hydrogen-bond donors (Lipinski definition) is 1. The Labute approximate surface area is 117 Å². The molecule has 1 aromatic heterocycles. The second-order valence-electron chi connectivity index (χ2n) is 4.67. The van der Waals surface area contributed by atoms with Crippen molar-refractivity contribution < 1.29 is 4.79 Å². The zero-order valence-electron chi connectivity index (χ0n) is 11.6. The van der Waals surface area contributed by atoms with Gasteiger partial charge >= 0.3 is 5.69 Å². The molecule has 0 atom stereocenters. The van der Waals surface area contributed by atoms with Crippen LogP contribution in [0.3, 0.4) is 0 Å². The lowest BCUT2D eigenvalue weighted by Gasteiger charge is -2.09. The van der Waals surface area contributed by atoms with Crippen molar-refractivity contribution in [3.63, 3.8) is 0 Å². The molecular formula is C15H17N3O2. The number of nitrogens with one attached hydrogen (secondary N) is 1. The van der Waals surface area contributed by atoms with Gasteiger partial charge in [-0.2, -0.15) is 0 Å². The van der Waals surface area contributed by atoms with E-state index in [-0.39, 0.29) is 11.6 Å². The molecule has 0 aliphatic carbocycles. The molecule has 0 saturated heterocycles. The predicted molar refractivity (Wildman–Crippen MR) is 76.7 cm³/mol. The van der Waals surface area contributed by atoms with E-state index in [9.17, 15) is 9.59 Å². The number of carbonyl (C=O) groups is 1. The molecule has 1 N–H and O–H groups in total. The highest BCUT2D eigenvalue weighted by Crippen LogP contribution is 2.10. The third kappa shape index (κ3) is 3.32. The summed E-state index contributed by atoms with van der Waals surface area (Å²) in [5.41, 5.74) is 2.34. The topological polar surface area (TPSA) is 64.0 Å². The van der Waals surface area contributed by atoms with Crippen molar-refractivity contribution in [3.8, 4) is 0 Å². The maximum absolute atomic E-state index is 12.1. The van der Waals surface area contributed by atoms with Crippen LogP contribution >= 0.6 is 0 Å². The van der Waals surface area contributed by atoms with Crippen LogP contribution < -0.4 is 11.0 Å². The second kappa shape index (κ2) is 6.14. The number of amides is 1. The molecule has 1 aromatic carbocycles. The first-order chi connectivity index (χ1) is 9.58. The number of aromatic nitrogens is 2. The minimum Gasteiger partial charge on any atom is -0.350 e. The third-order valence-corrected chi connectivity index (χ3v) is 3.06. The Balaban J connectivity index is 1.98. The molecule has 0 aliphatic rings. The molecule has 0 unspecified atom stereocenters. The number of nitrogens with zero attached hydrogens (tertiary/aromatic N) is 2. The van der Waals surface area contributed by atoms with Crippen LogP contribution in [0.25, 0.3) is 0 Å². The van der Waals surface area contributed by atoms with Gasteiger partial charge in [-0.25, -0.2) is 9.78 Å². The molecule has 2 aromatic rings. The van der Waals surface area contributed by atoms with Crippen molar-refractivity contribution in [1.29, 1.82) is 0 Å². The van der Waals surface area contributed by atoms with E-state index in [2.05, 4.69) is 10.3 Å². The van der Waals surface area contributed by atoms with Crippen molar-refractivity contribution in [1.82, 2.24) is 14.9 Å². The molecule has 0 fully saturated rings. The molecular weight excluding hydrogens is 254 g/mol. The minimum absolute atomic E-state index is 0.122. The smallest absolute Gasteiger partial charge is 0.347 e. The average Bonchev–Trinajstić information content (AvgIpc) is 2.43. The van der Waals surface area contributed by atoms with E-state index < -0.39 is 0 Å². The van der Waals surface area contributed by atoms with Gasteiger partial charge in [0.15, 0.2) is 0 Å². The van der Waals surface area contributed by atoms with Crippen LogP contribution in [0.15, 0.2) is 41.5 Å². The van der Waals surface area contributed by atoms with Gasteiger partial charge in [-0.05, 0) is 31.5 Å². The highest BCUT2D eigenvalue weighted by atomic mass is 16.2. The fraction of sp³-hybridized carbons (Fsp3) is 0.267. The number of benzene rings is 1. The number of rotatable bonds is 4. The van der Waals surface area contributed by atoms with Crippen molar-refractivity contribution >= 4 is 5.91 Å². The molecule has 20 heavy (non-hydrogen) atoms. The third-order valence-electron chi connectivity index (χ3n) is 3.06. The van der Waals surface area contributed by atoms with Crippen LogP contribution in [0.1, 0.15) is 21.5 Å². The summed E-state index contributed by atoms with van der Waals surface area (Å²) in [5.74, 6) is -0.122. The zero-order valence-corrected chi connectivity index (χ0v) is 11.6. The first-order valence-electron chi connectivity index (χ1n) is 6.45. The van der Waals surface area contributed by atoms with Gasteiger partial charge in [0.05, 0.1) is 0 Å². The largest absolute Gasteiger partial charge is 0.350 e. The lowest BCUT2D eigenvalue weighted by molar-refractivity contribution is 0.0951. The summed E-state index contributed by atoms with van der Waals surface area (Å²) in [5, 5.41) is 2.82. The van der Waals surface area contributed by atoms with Crippen molar-refractivity contribution in [3.05, 3.63) is 63.8 Å². The molecule has 5 nitrogen and oxygen atoms in total. The summed E-state index contributed by atoms with van der Waals surface area (Å²) >= 11 is 0. The van der Waals surface area contributed by atoms with Gasteiger partial charge in [-0.1, -0.05) is 17.7 Å². The van der Waals surface area contributed by atoms with Gasteiger partial charge in [0.1, 0.15) is 0 Å². The molecule has 0 bridgehead atoms. The van der Waals surface area contributed by atoms with Crippen LogP contribution in [0.4, 0.5) is 0 Å². The Hall–Kier alpha value is -2.43. The van der Waals surface area contributed by atoms with Gasteiger partial charge in [-0.15, -0.1) is 0 Å². The number of aryl methyl sites for hydroxylation is 2. The monoisotopic (exact) mass is 271 g/mol. The van der Waals surface area contributed by atoms with Crippen LogP contribution in [0.2, 0.25) is 0 Å². The van der Waals surface area contributed by atoms with Gasteiger partial charge < -0.3 is 5.32 Å². The molecule has 2 rings (SSSR count). The van der Waals surface area contributed by atoms with Gasteiger partial charge in [-0.3, -0.25) is 9.36 Å². The summed E-state index contributed by atoms with van der Waals surface area (Å²) in [6.07, 6.45) is 3.10. The summed E-state index contributed by atoms with van der Waals surface area (Å²) in [7, 11) is 0. The molecule has 0 spiro atoms. The molecule has 1 heterocycles. The van der Waals surface area contributed by atoms with E-state index in [0.717, 1.165) is 11.1 Å². The maximum atomic E-state index is 12.1. The normalized spacial score (nSPS) is 10.3. The van der Waals surface area contributed by atoms with Crippen LogP contribution in [0.5, 0.6) is 0 Å². The van der Waals surface area contributed by atoms with Crippen LogP contribution in [0, 0.1) is 13.8 Å². The van der Waals surface area contributed by atoms with Crippen molar-refractivity contribution in [2.24, 2.45) is 0 Å². The summed E-state index contributed by atoms with van der Waals surface area (Å²) in [6, 6.07) is 7.45. The van der Waals surface area contributed by atoms with E-state index >= 15 is 0 Å². The second-order valence-corrected chi connectivity index (χ2v) is 4.67. The molecule has 104 valence electrons. The van der Waals surface area contributed by atoms with E-state index in [0.29, 0.717) is 18.7 Å². The van der Waals surface area contributed by atoms with E-state index in [4.69, 9.17) is 0 Å². The predicted octanol–water partition coefficient (Wildman–Crippen LogP) is 1.29. The van der Waals surface area contributed by atoms with Crippen molar-refractivity contribution in [2.45, 2.75) is 20.4 Å².